The van der Waals surface area contributed by atoms with Gasteiger partial charge < -0.3 is 47.9 Å². The van der Waals surface area contributed by atoms with Gasteiger partial charge in [0.15, 0.2) is 0 Å². The second kappa shape index (κ2) is 32.6. The molecule has 0 amide bonds. The summed E-state index contributed by atoms with van der Waals surface area (Å²) in [7, 11) is -2.14. The molecule has 8 bridgehead atoms. The molecule has 0 aliphatic carbocycles. The number of carbonyl (C=O) groups excluding carboxylic acids is 4. The quantitative estimate of drug-likeness (QED) is 0.0142. The van der Waals surface area contributed by atoms with E-state index in [1.54, 1.807) is 27.7 Å². The lowest BCUT2D eigenvalue weighted by Gasteiger charge is -2.38. The number of benzene rings is 3. The first-order valence-corrected chi connectivity index (χ1v) is 34.0. The lowest BCUT2D eigenvalue weighted by molar-refractivity contribution is -0.144. The largest absolute Gasteiger partial charge is 0.493 e. The second-order valence-electron chi connectivity index (χ2n) is 22.9. The SMILES string of the molecule is CCOC(=O)CCCOc1cccc(OCCCC(=O)OCC)c1-c1c2nc(c(-c3cccc(C#C[Si](C(C)C)(C(C)C)C(C)C)c3)c3ccc([nH]3)c(-c3c(OCCCC(=O)OCC)cccc3OCCCC(=O)OCC)c3nc(cc4ccc1[nH]4)C=C3)C=C2. The number of esters is 4. The van der Waals surface area contributed by atoms with Crippen LogP contribution in [0.1, 0.15) is 149 Å². The van der Waals surface area contributed by atoms with Crippen LogP contribution in [0.15, 0.2) is 91.0 Å². The van der Waals surface area contributed by atoms with Crippen molar-refractivity contribution < 1.29 is 57.1 Å². The lowest BCUT2D eigenvalue weighted by Crippen LogP contribution is -2.43. The van der Waals surface area contributed by atoms with E-state index >= 15 is 0 Å². The highest BCUT2D eigenvalue weighted by Crippen LogP contribution is 2.46. The van der Waals surface area contributed by atoms with E-state index in [4.69, 9.17) is 47.9 Å². The summed E-state index contributed by atoms with van der Waals surface area (Å²) in [6.45, 7) is 23.0. The van der Waals surface area contributed by atoms with Crippen molar-refractivity contribution >= 4 is 78.3 Å². The molecule has 17 heteroatoms. The number of fused-ring (bicyclic) bond motifs is 8. The average Bonchev–Trinajstić information content (AvgIpc) is 1.57. The third-order valence-corrected chi connectivity index (χ3v) is 22.1. The van der Waals surface area contributed by atoms with Gasteiger partial charge in [-0.2, -0.15) is 0 Å². The van der Waals surface area contributed by atoms with Gasteiger partial charge in [0.2, 0.25) is 0 Å². The average molecular weight is 1240 g/mol. The number of ether oxygens (including phenoxy) is 8. The zero-order valence-electron chi connectivity index (χ0n) is 53.8. The van der Waals surface area contributed by atoms with Crippen LogP contribution in [0.5, 0.6) is 23.0 Å². The Labute approximate surface area is 530 Å². The molecule has 16 nitrogen and oxygen atoms in total. The summed E-state index contributed by atoms with van der Waals surface area (Å²) in [6, 6.07) is 29.6. The van der Waals surface area contributed by atoms with Crippen molar-refractivity contribution in [1.29, 1.82) is 0 Å². The molecule has 0 unspecified atom stereocenters. The smallest absolute Gasteiger partial charge is 0.305 e. The Morgan fingerprint density at radius 3 is 1.28 bits per heavy atom. The maximum Gasteiger partial charge on any atom is 0.305 e. The third kappa shape index (κ3) is 16.9. The van der Waals surface area contributed by atoms with Crippen molar-refractivity contribution in [3.63, 3.8) is 0 Å². The number of nitrogens with zero attached hydrogens (tertiary/aromatic N) is 2. The number of H-pyrrole nitrogens is 2. The molecule has 8 rings (SSSR count). The Bertz CT molecular complexity index is 3600. The van der Waals surface area contributed by atoms with Crippen LogP contribution in [-0.4, -0.2) is 105 Å². The Morgan fingerprint density at radius 2 is 0.833 bits per heavy atom. The molecule has 474 valence electrons. The Kier molecular flexibility index (Phi) is 24.3. The highest BCUT2D eigenvalue weighted by Gasteiger charge is 2.42. The predicted molar refractivity (Wildman–Crippen MR) is 359 cm³/mol. The molecule has 3 aromatic carbocycles. The molecule has 0 radical (unpaired) electrons. The molecule has 6 aromatic rings. The van der Waals surface area contributed by atoms with Crippen molar-refractivity contribution in [1.82, 2.24) is 19.9 Å². The fraction of sp³-hybridized carbons (Fsp3) is 0.397. The number of hydrogen-bond acceptors (Lipinski definition) is 14. The summed E-state index contributed by atoms with van der Waals surface area (Å²) in [5.74, 6) is 4.50. The molecule has 0 fully saturated rings. The Morgan fingerprint density at radius 1 is 0.444 bits per heavy atom. The van der Waals surface area contributed by atoms with Crippen LogP contribution in [0.25, 0.3) is 79.8 Å². The molecular weight excluding hydrogens is 1150 g/mol. The maximum absolute atomic E-state index is 12.5. The van der Waals surface area contributed by atoms with E-state index in [1.165, 1.54) is 0 Å². The van der Waals surface area contributed by atoms with Gasteiger partial charge in [0.1, 0.15) is 31.1 Å². The maximum atomic E-state index is 12.5. The van der Waals surface area contributed by atoms with Crippen molar-refractivity contribution in [2.75, 3.05) is 52.9 Å². The summed E-state index contributed by atoms with van der Waals surface area (Å²) < 4.78 is 47.5. The van der Waals surface area contributed by atoms with Gasteiger partial charge in [-0.15, -0.1) is 5.54 Å². The van der Waals surface area contributed by atoms with Crippen molar-refractivity contribution in [3.8, 4) is 67.8 Å². The van der Waals surface area contributed by atoms with Gasteiger partial charge in [-0.25, -0.2) is 9.97 Å². The van der Waals surface area contributed by atoms with Crippen molar-refractivity contribution in [2.24, 2.45) is 0 Å². The van der Waals surface area contributed by atoms with Crippen LogP contribution in [0.3, 0.4) is 0 Å². The van der Waals surface area contributed by atoms with Gasteiger partial charge in [0.25, 0.3) is 0 Å². The molecule has 2 aliphatic heterocycles. The van der Waals surface area contributed by atoms with Gasteiger partial charge in [-0.1, -0.05) is 71.7 Å². The summed E-state index contributed by atoms with van der Waals surface area (Å²) in [5, 5.41) is 0. The standard InChI is InChI=1S/C73H86N4O12Si/c1-11-82-65(78)28-18-41-86-61-24-16-25-62(87-42-19-29-66(79)83-12-2)72(61)70-57-34-32-53(74-57)47-54-33-35-58(75-54)71(73-63(88-43-20-30-67(80)84-13-3)26-17-27-64(73)89-44-21-31-68(81)85-14-4)60-39-37-56(77-60)69(55-36-38-59(70)76-55)52-23-15-22-51(46-52)40-45-90(48(5)6,49(7)8)50(9)10/h15-17,22-27,32-39,46-50,74,77H,11-14,18-21,28-31,41-44H2,1-10H3. The summed E-state index contributed by atoms with van der Waals surface area (Å²) in [5.41, 5.74) is 15.8. The van der Waals surface area contributed by atoms with E-state index in [1.807, 2.05) is 97.1 Å². The number of carbonyl (C=O) groups is 4. The highest BCUT2D eigenvalue weighted by atomic mass is 28.3. The van der Waals surface area contributed by atoms with Crippen LogP contribution in [0.2, 0.25) is 16.6 Å². The summed E-state index contributed by atoms with van der Waals surface area (Å²) in [4.78, 5) is 68.5. The van der Waals surface area contributed by atoms with Gasteiger partial charge in [0.05, 0.1) is 86.8 Å². The molecule has 90 heavy (non-hydrogen) atoms. The van der Waals surface area contributed by atoms with Crippen LogP contribution in [-0.2, 0) is 38.1 Å². The normalized spacial score (nSPS) is 11.8. The van der Waals surface area contributed by atoms with E-state index < -0.39 is 8.07 Å². The first kappa shape index (κ1) is 67.1. The topological polar surface area (TPSA) is 199 Å². The fourth-order valence-electron chi connectivity index (χ4n) is 11.9. The number of aromatic amines is 2. The van der Waals surface area contributed by atoms with Crippen LogP contribution >= 0.6 is 0 Å². The van der Waals surface area contributed by atoms with Crippen LogP contribution in [0, 0.1) is 11.5 Å². The van der Waals surface area contributed by atoms with Crippen molar-refractivity contribution in [3.05, 3.63) is 119 Å². The van der Waals surface area contributed by atoms with E-state index in [0.29, 0.717) is 121 Å². The van der Waals surface area contributed by atoms with E-state index in [-0.39, 0.29) is 102 Å². The van der Waals surface area contributed by atoms with E-state index in [9.17, 15) is 19.2 Å². The Balaban J connectivity index is 1.42. The zero-order chi connectivity index (χ0) is 64.2. The minimum Gasteiger partial charge on any atom is -0.493 e. The van der Waals surface area contributed by atoms with Gasteiger partial charge in [-0.05, 0) is 167 Å². The fourth-order valence-corrected chi connectivity index (χ4v) is 17.1. The Hall–Kier alpha value is -8.88. The number of hydrogen-bond donors (Lipinski definition) is 2. The molecule has 0 saturated carbocycles. The third-order valence-electron chi connectivity index (χ3n) is 15.8. The second-order valence-corrected chi connectivity index (χ2v) is 28.4. The first-order chi connectivity index (χ1) is 43.6. The predicted octanol–water partition coefficient (Wildman–Crippen LogP) is 16.1. The van der Waals surface area contributed by atoms with Gasteiger partial charge >= 0.3 is 23.9 Å². The number of nitrogens with one attached hydrogen (secondary N) is 2. The molecule has 0 spiro atoms. The molecular formula is C73H86N4O12Si. The van der Waals surface area contributed by atoms with E-state index in [2.05, 4.69) is 81.2 Å². The van der Waals surface area contributed by atoms with Gasteiger partial charge in [-0.3, -0.25) is 19.2 Å². The van der Waals surface area contributed by atoms with E-state index in [0.717, 1.165) is 27.7 Å². The molecule has 2 aliphatic rings. The molecule has 2 N–H and O–H groups in total. The minimum absolute atomic E-state index is 0.179. The first-order valence-electron chi connectivity index (χ1n) is 31.8. The minimum atomic E-state index is -2.14. The van der Waals surface area contributed by atoms with Gasteiger partial charge in [0, 0.05) is 70.0 Å². The van der Waals surface area contributed by atoms with Crippen molar-refractivity contribution in [2.45, 2.75) is 137 Å². The summed E-state index contributed by atoms with van der Waals surface area (Å²) in [6.07, 6.45) is 10.3. The van der Waals surface area contributed by atoms with Crippen LogP contribution in [0.4, 0.5) is 0 Å². The molecule has 0 atom stereocenters. The molecule has 0 saturated heterocycles. The monoisotopic (exact) mass is 1240 g/mol. The lowest BCUT2D eigenvalue weighted by atomic mass is 10.0. The molecule has 5 heterocycles. The number of aromatic nitrogens is 4. The summed E-state index contributed by atoms with van der Waals surface area (Å²) >= 11 is 0. The number of rotatable bonds is 30. The zero-order valence-corrected chi connectivity index (χ0v) is 54.8. The molecule has 3 aromatic heterocycles. The van der Waals surface area contributed by atoms with Crippen LogP contribution < -0.4 is 18.9 Å². The highest BCUT2D eigenvalue weighted by molar-refractivity contribution is 6.90.